The van der Waals surface area contributed by atoms with Crippen molar-refractivity contribution in [3.05, 3.63) is 42.0 Å². The maximum absolute atomic E-state index is 6.14. The fourth-order valence-corrected chi connectivity index (χ4v) is 3.39. The van der Waals surface area contributed by atoms with E-state index in [-0.39, 0.29) is 0 Å². The van der Waals surface area contributed by atoms with E-state index < -0.39 is 5.97 Å². The number of furan rings is 1. The summed E-state index contributed by atoms with van der Waals surface area (Å²) in [5.41, 5.74) is 2.97. The molecule has 1 aliphatic heterocycles. The van der Waals surface area contributed by atoms with Crippen LogP contribution in [0.2, 0.25) is 0 Å². The molecule has 0 unspecified atom stereocenters. The van der Waals surface area contributed by atoms with Gasteiger partial charge in [0.1, 0.15) is 16.9 Å². The van der Waals surface area contributed by atoms with Crippen LogP contribution in [0.25, 0.3) is 21.9 Å². The minimum absolute atomic E-state index is 0.548. The number of rotatable bonds is 4. The Morgan fingerprint density at radius 3 is 2.57 bits per heavy atom. The molecule has 0 saturated carbocycles. The normalized spacial score (nSPS) is 16.4. The zero-order chi connectivity index (χ0) is 15.9. The molecule has 1 aromatic heterocycles. The van der Waals surface area contributed by atoms with E-state index in [1.807, 2.05) is 44.2 Å². The quantitative estimate of drug-likeness (QED) is 0.658. The fraction of sp³-hybridized carbons (Fsp3) is 0.368. The molecule has 4 heteroatoms. The topological polar surface area (TPSA) is 40.8 Å². The van der Waals surface area contributed by atoms with Crippen LogP contribution in [0.1, 0.15) is 25.8 Å². The minimum atomic E-state index is -0.969. The molecule has 23 heavy (non-hydrogen) atoms. The molecule has 2 heterocycles. The van der Waals surface area contributed by atoms with Crippen LogP contribution in [0.15, 0.2) is 40.8 Å². The van der Waals surface area contributed by atoms with Crippen molar-refractivity contribution < 1.29 is 18.6 Å². The summed E-state index contributed by atoms with van der Waals surface area (Å²) in [7, 11) is 0. The third-order valence-corrected chi connectivity index (χ3v) is 4.28. The first-order valence-electron chi connectivity index (χ1n) is 8.16. The van der Waals surface area contributed by atoms with Gasteiger partial charge in [0.2, 0.25) is 0 Å². The van der Waals surface area contributed by atoms with E-state index in [9.17, 15) is 0 Å². The van der Waals surface area contributed by atoms with Gasteiger partial charge in [-0.05, 0) is 38.5 Å². The number of hydrogen-bond acceptors (Lipinski definition) is 4. The van der Waals surface area contributed by atoms with Crippen LogP contribution in [0.3, 0.4) is 0 Å². The highest BCUT2D eigenvalue weighted by Gasteiger charge is 2.39. The predicted octanol–water partition coefficient (Wildman–Crippen LogP) is 4.64. The molecule has 4 nitrogen and oxygen atoms in total. The summed E-state index contributed by atoms with van der Waals surface area (Å²) < 4.78 is 23.6. The lowest BCUT2D eigenvalue weighted by Crippen LogP contribution is -2.45. The van der Waals surface area contributed by atoms with Gasteiger partial charge in [0.25, 0.3) is 0 Å². The largest absolute Gasteiger partial charge is 0.456 e. The van der Waals surface area contributed by atoms with Crippen molar-refractivity contribution in [2.75, 3.05) is 13.2 Å². The van der Waals surface area contributed by atoms with Gasteiger partial charge < -0.3 is 18.6 Å². The Hall–Kier alpha value is -2.04. The second-order valence-electron chi connectivity index (χ2n) is 5.66. The first kappa shape index (κ1) is 14.5. The number of fused-ring (bicyclic) bond motifs is 5. The maximum Gasteiger partial charge on any atom is 0.327 e. The zero-order valence-electron chi connectivity index (χ0n) is 13.4. The van der Waals surface area contributed by atoms with E-state index in [0.29, 0.717) is 19.6 Å². The third-order valence-electron chi connectivity index (χ3n) is 4.28. The maximum atomic E-state index is 6.14. The number of aryl methyl sites for hydroxylation is 1. The molecule has 120 valence electrons. The van der Waals surface area contributed by atoms with Gasteiger partial charge in [-0.25, -0.2) is 0 Å². The van der Waals surface area contributed by atoms with Crippen LogP contribution in [-0.4, -0.2) is 19.2 Å². The Morgan fingerprint density at radius 2 is 1.78 bits per heavy atom. The summed E-state index contributed by atoms with van der Waals surface area (Å²) in [6.07, 6.45) is 1.50. The molecular formula is C19H20O4. The molecule has 0 aliphatic carbocycles. The van der Waals surface area contributed by atoms with Gasteiger partial charge in [-0.3, -0.25) is 0 Å². The predicted molar refractivity (Wildman–Crippen MR) is 88.7 cm³/mol. The van der Waals surface area contributed by atoms with E-state index in [4.69, 9.17) is 18.6 Å². The van der Waals surface area contributed by atoms with Crippen LogP contribution in [0.4, 0.5) is 0 Å². The molecule has 0 fully saturated rings. The third kappa shape index (κ3) is 2.30. The van der Waals surface area contributed by atoms with Crippen LogP contribution in [-0.2, 0) is 15.9 Å². The lowest BCUT2D eigenvalue weighted by molar-refractivity contribution is -0.347. The Kier molecular flexibility index (Phi) is 3.51. The smallest absolute Gasteiger partial charge is 0.327 e. The minimum Gasteiger partial charge on any atom is -0.456 e. The average Bonchev–Trinajstić information content (AvgIpc) is 2.94. The van der Waals surface area contributed by atoms with Crippen molar-refractivity contribution in [2.24, 2.45) is 0 Å². The van der Waals surface area contributed by atoms with Gasteiger partial charge in [-0.2, -0.15) is 0 Å². The highest BCUT2D eigenvalue weighted by molar-refractivity contribution is 6.07. The number of para-hydroxylation sites is 1. The molecule has 2 aromatic carbocycles. The fourth-order valence-electron chi connectivity index (χ4n) is 3.39. The summed E-state index contributed by atoms with van der Waals surface area (Å²) in [5.74, 6) is -0.152. The molecule has 0 N–H and O–H groups in total. The van der Waals surface area contributed by atoms with Gasteiger partial charge in [-0.1, -0.05) is 18.2 Å². The van der Waals surface area contributed by atoms with Gasteiger partial charge in [-0.15, -0.1) is 0 Å². The molecule has 3 aromatic rings. The Bertz CT molecular complexity index is 843. The van der Waals surface area contributed by atoms with Crippen LogP contribution < -0.4 is 4.74 Å². The second kappa shape index (κ2) is 5.55. The molecule has 1 aliphatic rings. The van der Waals surface area contributed by atoms with Crippen LogP contribution >= 0.6 is 0 Å². The first-order chi connectivity index (χ1) is 11.3. The number of ether oxygens (including phenoxy) is 3. The van der Waals surface area contributed by atoms with E-state index in [1.165, 1.54) is 5.56 Å². The zero-order valence-corrected chi connectivity index (χ0v) is 13.4. The number of hydrogen-bond donors (Lipinski definition) is 0. The second-order valence-corrected chi connectivity index (χ2v) is 5.66. The van der Waals surface area contributed by atoms with E-state index in [0.717, 1.165) is 34.1 Å². The van der Waals surface area contributed by atoms with Crippen LogP contribution in [0.5, 0.6) is 5.75 Å². The summed E-state index contributed by atoms with van der Waals surface area (Å²) in [6.45, 7) is 5.00. The van der Waals surface area contributed by atoms with E-state index in [1.54, 1.807) is 0 Å². The van der Waals surface area contributed by atoms with Crippen molar-refractivity contribution >= 4 is 21.9 Å². The average molecular weight is 312 g/mol. The van der Waals surface area contributed by atoms with E-state index >= 15 is 0 Å². The molecular weight excluding hydrogens is 292 g/mol. The highest BCUT2D eigenvalue weighted by atomic mass is 16.9. The SMILES string of the molecule is CCOC1(OCC)CCc2c(ccc3oc4ccccc4c23)O1. The van der Waals surface area contributed by atoms with E-state index in [2.05, 4.69) is 6.07 Å². The van der Waals surface area contributed by atoms with Crippen molar-refractivity contribution in [2.45, 2.75) is 32.7 Å². The molecule has 0 saturated heterocycles. The van der Waals surface area contributed by atoms with Crippen molar-refractivity contribution in [1.29, 1.82) is 0 Å². The first-order valence-corrected chi connectivity index (χ1v) is 8.16. The van der Waals surface area contributed by atoms with Gasteiger partial charge in [0.15, 0.2) is 0 Å². The van der Waals surface area contributed by atoms with Gasteiger partial charge in [0, 0.05) is 22.8 Å². The monoisotopic (exact) mass is 312 g/mol. The van der Waals surface area contributed by atoms with Crippen molar-refractivity contribution in [3.8, 4) is 5.75 Å². The molecule has 0 spiro atoms. The molecule has 0 amide bonds. The van der Waals surface area contributed by atoms with Gasteiger partial charge >= 0.3 is 5.97 Å². The molecule has 0 radical (unpaired) electrons. The molecule has 4 rings (SSSR count). The number of benzene rings is 2. The summed E-state index contributed by atoms with van der Waals surface area (Å²) >= 11 is 0. The molecule has 0 atom stereocenters. The Labute approximate surface area is 134 Å². The van der Waals surface area contributed by atoms with Crippen molar-refractivity contribution in [3.63, 3.8) is 0 Å². The molecule has 0 bridgehead atoms. The lowest BCUT2D eigenvalue weighted by atomic mass is 9.98. The van der Waals surface area contributed by atoms with Crippen LogP contribution in [0, 0.1) is 0 Å². The van der Waals surface area contributed by atoms with Crippen molar-refractivity contribution in [1.82, 2.24) is 0 Å². The Morgan fingerprint density at radius 1 is 1.00 bits per heavy atom. The summed E-state index contributed by atoms with van der Waals surface area (Å²) in [6, 6.07) is 12.0. The highest BCUT2D eigenvalue weighted by Crippen LogP contribution is 2.42. The standard InChI is InChI=1S/C19H20O4/c1-3-20-19(21-4-2)12-11-14-16(23-19)9-10-17-18(14)13-7-5-6-8-15(13)22-17/h5-10H,3-4,11-12H2,1-2H3. The summed E-state index contributed by atoms with van der Waals surface area (Å²) in [4.78, 5) is 0. The summed E-state index contributed by atoms with van der Waals surface area (Å²) in [5, 5.41) is 2.27. The lowest BCUT2D eigenvalue weighted by Gasteiger charge is -2.37. The van der Waals surface area contributed by atoms with Gasteiger partial charge in [0.05, 0.1) is 13.2 Å². The Balaban J connectivity index is 1.85.